The molecule has 0 spiro atoms. The van der Waals surface area contributed by atoms with Gasteiger partial charge in [0.15, 0.2) is 0 Å². The zero-order valence-electron chi connectivity index (χ0n) is 18.2. The molecule has 0 atom stereocenters. The van der Waals surface area contributed by atoms with Crippen LogP contribution in [0.1, 0.15) is 42.3 Å². The summed E-state index contributed by atoms with van der Waals surface area (Å²) in [6.45, 7) is 7.21. The topological polar surface area (TPSA) is 59.9 Å². The summed E-state index contributed by atoms with van der Waals surface area (Å²) in [4.78, 5) is 12.6. The number of carbonyl (C=O) groups is 1. The van der Waals surface area contributed by atoms with E-state index in [-0.39, 0.29) is 11.3 Å². The summed E-state index contributed by atoms with van der Waals surface area (Å²) >= 11 is 0. The number of nitrogens with one attached hydrogen (secondary N) is 1. The summed E-state index contributed by atoms with van der Waals surface area (Å²) in [6, 6.07) is 24.7. The van der Waals surface area contributed by atoms with Crippen LogP contribution < -0.4 is 14.9 Å². The Morgan fingerprint density at radius 3 is 2.23 bits per heavy atom. The van der Waals surface area contributed by atoms with Gasteiger partial charge in [0.25, 0.3) is 5.91 Å². The number of benzene rings is 3. The van der Waals surface area contributed by atoms with Gasteiger partial charge in [-0.05, 0) is 40.8 Å². The smallest absolute Gasteiger partial charge is 0.275 e. The van der Waals surface area contributed by atoms with Crippen molar-refractivity contribution < 1.29 is 14.3 Å². The van der Waals surface area contributed by atoms with Crippen LogP contribution in [0.15, 0.2) is 84.0 Å². The van der Waals surface area contributed by atoms with Gasteiger partial charge in [0.05, 0.1) is 11.8 Å². The van der Waals surface area contributed by atoms with Crippen LogP contribution in [0.5, 0.6) is 11.5 Å². The average Bonchev–Trinajstić information content (AvgIpc) is 2.77. The van der Waals surface area contributed by atoms with Crippen LogP contribution >= 0.6 is 0 Å². The Balaban J connectivity index is 1.53. The van der Waals surface area contributed by atoms with Crippen molar-refractivity contribution in [3.05, 3.63) is 95.6 Å². The molecule has 0 heterocycles. The maximum Gasteiger partial charge on any atom is 0.275 e. The second kappa shape index (κ2) is 10.4. The van der Waals surface area contributed by atoms with Crippen LogP contribution in [0.25, 0.3) is 0 Å². The highest BCUT2D eigenvalue weighted by Crippen LogP contribution is 2.22. The first-order chi connectivity index (χ1) is 14.9. The van der Waals surface area contributed by atoms with Crippen molar-refractivity contribution in [2.45, 2.75) is 26.2 Å². The van der Waals surface area contributed by atoms with Crippen LogP contribution in [0.4, 0.5) is 0 Å². The summed E-state index contributed by atoms with van der Waals surface area (Å²) in [5.41, 5.74) is 5.24. The van der Waals surface area contributed by atoms with E-state index in [1.165, 1.54) is 5.56 Å². The average molecular weight is 417 g/mol. The lowest BCUT2D eigenvalue weighted by atomic mass is 9.87. The molecule has 1 N–H and O–H groups in total. The molecule has 31 heavy (non-hydrogen) atoms. The first-order valence-electron chi connectivity index (χ1n) is 10.3. The molecule has 5 nitrogen and oxygen atoms in total. The summed E-state index contributed by atoms with van der Waals surface area (Å²) in [6.07, 6.45) is 1.63. The van der Waals surface area contributed by atoms with E-state index in [1.54, 1.807) is 24.4 Å². The van der Waals surface area contributed by atoms with Gasteiger partial charge in [0.2, 0.25) is 0 Å². The lowest BCUT2D eigenvalue weighted by Crippen LogP contribution is -2.19. The molecule has 3 rings (SSSR count). The SMILES string of the molecule is CC(C)(C)c1ccc(/C=N/NC(=O)c2ccccc2OCCOc2ccccc2)cc1. The molecule has 0 aliphatic carbocycles. The van der Waals surface area contributed by atoms with E-state index in [0.29, 0.717) is 24.5 Å². The Kier molecular flexibility index (Phi) is 7.44. The summed E-state index contributed by atoms with van der Waals surface area (Å²) in [5, 5.41) is 4.08. The van der Waals surface area contributed by atoms with Gasteiger partial charge >= 0.3 is 0 Å². The van der Waals surface area contributed by atoms with Crippen LogP contribution in [0, 0.1) is 0 Å². The van der Waals surface area contributed by atoms with Gasteiger partial charge < -0.3 is 9.47 Å². The van der Waals surface area contributed by atoms with E-state index in [4.69, 9.17) is 9.47 Å². The molecule has 0 aromatic heterocycles. The van der Waals surface area contributed by atoms with Crippen molar-refractivity contribution in [1.82, 2.24) is 5.43 Å². The first kappa shape index (κ1) is 22.1. The number of hydrazone groups is 1. The third-order valence-corrected chi connectivity index (χ3v) is 4.64. The predicted octanol–water partition coefficient (Wildman–Crippen LogP) is 5.21. The monoisotopic (exact) mass is 416 g/mol. The molecule has 0 saturated heterocycles. The fourth-order valence-electron chi connectivity index (χ4n) is 2.90. The molecule has 0 fully saturated rings. The largest absolute Gasteiger partial charge is 0.490 e. The first-order valence-corrected chi connectivity index (χ1v) is 10.3. The molecule has 0 bridgehead atoms. The Morgan fingerprint density at radius 2 is 1.52 bits per heavy atom. The number of rotatable bonds is 8. The molecule has 3 aromatic rings. The highest BCUT2D eigenvalue weighted by atomic mass is 16.5. The standard InChI is InChI=1S/C26H28N2O3/c1-26(2,3)21-15-13-20(14-16-21)19-27-28-25(29)23-11-7-8-12-24(23)31-18-17-30-22-9-5-4-6-10-22/h4-16,19H,17-18H2,1-3H3,(H,28,29)/b27-19+. The van der Waals surface area contributed by atoms with Crippen molar-refractivity contribution in [3.8, 4) is 11.5 Å². The maximum absolute atomic E-state index is 12.6. The fraction of sp³-hybridized carbons (Fsp3) is 0.231. The zero-order valence-corrected chi connectivity index (χ0v) is 18.2. The Bertz CT molecular complexity index is 1010. The second-order valence-electron chi connectivity index (χ2n) is 8.08. The number of carbonyl (C=O) groups excluding carboxylic acids is 1. The van der Waals surface area contributed by atoms with Gasteiger partial charge in [-0.3, -0.25) is 4.79 Å². The van der Waals surface area contributed by atoms with E-state index in [1.807, 2.05) is 48.5 Å². The van der Waals surface area contributed by atoms with Crippen LogP contribution in [-0.4, -0.2) is 25.3 Å². The van der Waals surface area contributed by atoms with Gasteiger partial charge in [0, 0.05) is 0 Å². The molecule has 0 radical (unpaired) electrons. The zero-order chi connectivity index (χ0) is 22.1. The molecule has 160 valence electrons. The van der Waals surface area contributed by atoms with Crippen molar-refractivity contribution in [2.75, 3.05) is 13.2 Å². The van der Waals surface area contributed by atoms with Crippen LogP contribution in [-0.2, 0) is 5.41 Å². The van der Waals surface area contributed by atoms with E-state index in [0.717, 1.165) is 11.3 Å². The van der Waals surface area contributed by atoms with E-state index in [9.17, 15) is 4.79 Å². The minimum atomic E-state index is -0.331. The highest BCUT2D eigenvalue weighted by molar-refractivity contribution is 5.97. The molecular weight excluding hydrogens is 388 g/mol. The number of para-hydroxylation sites is 2. The van der Waals surface area contributed by atoms with Gasteiger partial charge in [-0.2, -0.15) is 5.10 Å². The number of ether oxygens (including phenoxy) is 2. The number of amides is 1. The number of hydrogen-bond acceptors (Lipinski definition) is 4. The van der Waals surface area contributed by atoms with Gasteiger partial charge in [-0.15, -0.1) is 0 Å². The molecule has 0 aliphatic rings. The van der Waals surface area contributed by atoms with Gasteiger partial charge in [-0.25, -0.2) is 5.43 Å². The molecule has 0 aliphatic heterocycles. The van der Waals surface area contributed by atoms with Crippen molar-refractivity contribution in [2.24, 2.45) is 5.10 Å². The summed E-state index contributed by atoms with van der Waals surface area (Å²) in [5.74, 6) is 0.936. The number of nitrogens with zero attached hydrogens (tertiary/aromatic N) is 1. The second-order valence-corrected chi connectivity index (χ2v) is 8.08. The van der Waals surface area contributed by atoms with Gasteiger partial charge in [-0.1, -0.05) is 75.4 Å². The lowest BCUT2D eigenvalue weighted by molar-refractivity contribution is 0.0950. The molecule has 0 saturated carbocycles. The normalized spacial score (nSPS) is 11.3. The quantitative estimate of drug-likeness (QED) is 0.312. The van der Waals surface area contributed by atoms with Gasteiger partial charge in [0.1, 0.15) is 24.7 Å². The molecule has 1 amide bonds. The highest BCUT2D eigenvalue weighted by Gasteiger charge is 2.13. The molecular formula is C26H28N2O3. The van der Waals surface area contributed by atoms with E-state index < -0.39 is 0 Å². The third kappa shape index (κ3) is 6.71. The lowest BCUT2D eigenvalue weighted by Gasteiger charge is -2.18. The fourth-order valence-corrected chi connectivity index (χ4v) is 2.90. The van der Waals surface area contributed by atoms with Crippen molar-refractivity contribution in [1.29, 1.82) is 0 Å². The Morgan fingerprint density at radius 1 is 0.871 bits per heavy atom. The van der Waals surface area contributed by atoms with Crippen molar-refractivity contribution in [3.63, 3.8) is 0 Å². The van der Waals surface area contributed by atoms with E-state index >= 15 is 0 Å². The van der Waals surface area contributed by atoms with Crippen LogP contribution in [0.3, 0.4) is 0 Å². The summed E-state index contributed by atoms with van der Waals surface area (Å²) in [7, 11) is 0. The Labute approximate surface area is 183 Å². The third-order valence-electron chi connectivity index (χ3n) is 4.64. The number of hydrogen-bond donors (Lipinski definition) is 1. The molecule has 3 aromatic carbocycles. The van der Waals surface area contributed by atoms with Crippen molar-refractivity contribution >= 4 is 12.1 Å². The molecule has 5 heteroatoms. The van der Waals surface area contributed by atoms with Crippen LogP contribution in [0.2, 0.25) is 0 Å². The Hall–Kier alpha value is -3.60. The molecule has 0 unspecified atom stereocenters. The maximum atomic E-state index is 12.6. The predicted molar refractivity (Wildman–Crippen MR) is 124 cm³/mol. The summed E-state index contributed by atoms with van der Waals surface area (Å²) < 4.78 is 11.4. The van der Waals surface area contributed by atoms with E-state index in [2.05, 4.69) is 43.4 Å². The minimum Gasteiger partial charge on any atom is -0.490 e. The minimum absolute atomic E-state index is 0.0970.